The Bertz CT molecular complexity index is 251. The maximum atomic E-state index is 11.2. The van der Waals surface area contributed by atoms with Crippen molar-refractivity contribution in [3.63, 3.8) is 0 Å². The maximum Gasteiger partial charge on any atom is 0.347 e. The summed E-state index contributed by atoms with van der Waals surface area (Å²) < 4.78 is 0. The zero-order valence-electron chi connectivity index (χ0n) is 12.5. The zero-order valence-corrected chi connectivity index (χ0v) is 14.5. The molecule has 6 nitrogen and oxygen atoms in total. The first-order valence-electron chi connectivity index (χ1n) is 5.12. The second-order valence-electron chi connectivity index (χ2n) is 5.40. The van der Waals surface area contributed by atoms with Crippen molar-refractivity contribution in [2.24, 2.45) is 5.41 Å². The second-order valence-corrected chi connectivity index (χ2v) is 5.40. The van der Waals surface area contributed by atoms with Crippen molar-refractivity contribution < 1.29 is 29.5 Å². The van der Waals surface area contributed by atoms with Crippen LogP contribution in [0.1, 0.15) is 48.5 Å². The summed E-state index contributed by atoms with van der Waals surface area (Å²) in [4.78, 5) is 33.1. The molecule has 0 fully saturated rings. The van der Waals surface area contributed by atoms with Crippen molar-refractivity contribution in [1.29, 1.82) is 0 Å². The van der Waals surface area contributed by atoms with Gasteiger partial charge in [0.25, 0.3) is 0 Å². The van der Waals surface area contributed by atoms with Gasteiger partial charge in [-0.15, -0.1) is 0 Å². The monoisotopic (exact) mass is 273 g/mol. The molecular weight excluding hydrogens is 251 g/mol. The SMILES string of the molecule is CC(=O)OO.CC(C)(C)OOC(=O)C(C)(C)C.[Na]. The Hall–Kier alpha value is -0.140. The van der Waals surface area contributed by atoms with Gasteiger partial charge in [0.2, 0.25) is 0 Å². The first-order valence-corrected chi connectivity index (χ1v) is 5.12. The van der Waals surface area contributed by atoms with Crippen molar-refractivity contribution in [2.75, 3.05) is 0 Å². The molecule has 0 spiro atoms. The van der Waals surface area contributed by atoms with Crippen molar-refractivity contribution >= 4 is 41.5 Å². The van der Waals surface area contributed by atoms with E-state index in [9.17, 15) is 9.59 Å². The quantitative estimate of drug-likeness (QED) is 0.446. The van der Waals surface area contributed by atoms with E-state index >= 15 is 0 Å². The topological polar surface area (TPSA) is 82.1 Å². The second kappa shape index (κ2) is 9.75. The molecule has 0 bridgehead atoms. The summed E-state index contributed by atoms with van der Waals surface area (Å²) in [6.45, 7) is 11.9. The fraction of sp³-hybridized carbons (Fsp3) is 0.818. The van der Waals surface area contributed by atoms with E-state index in [2.05, 4.69) is 9.78 Å². The molecule has 0 unspecified atom stereocenters. The molecule has 1 radical (unpaired) electrons. The van der Waals surface area contributed by atoms with Gasteiger partial charge in [0.15, 0.2) is 0 Å². The fourth-order valence-electron chi connectivity index (χ4n) is 0.288. The van der Waals surface area contributed by atoms with Gasteiger partial charge in [-0.3, -0.25) is 4.89 Å². The van der Waals surface area contributed by atoms with Crippen molar-refractivity contribution in [1.82, 2.24) is 0 Å². The van der Waals surface area contributed by atoms with Crippen LogP contribution >= 0.6 is 0 Å². The average Bonchev–Trinajstić information content (AvgIpc) is 2.12. The average molecular weight is 273 g/mol. The molecule has 18 heavy (non-hydrogen) atoms. The molecule has 0 saturated heterocycles. The van der Waals surface area contributed by atoms with E-state index < -0.39 is 17.0 Å². The van der Waals surface area contributed by atoms with Crippen LogP contribution in [0.4, 0.5) is 0 Å². The molecule has 0 aromatic rings. The van der Waals surface area contributed by atoms with Gasteiger partial charge >= 0.3 is 11.9 Å². The van der Waals surface area contributed by atoms with E-state index in [0.717, 1.165) is 6.92 Å². The largest absolute Gasteiger partial charge is 0.347 e. The van der Waals surface area contributed by atoms with Gasteiger partial charge in [0.1, 0.15) is 5.60 Å². The smallest absolute Gasteiger partial charge is 0.301 e. The summed E-state index contributed by atoms with van der Waals surface area (Å²) >= 11 is 0. The number of hydrogen-bond acceptors (Lipinski definition) is 6. The molecule has 0 aliphatic carbocycles. The Morgan fingerprint density at radius 1 is 1.00 bits per heavy atom. The first-order chi connectivity index (χ1) is 7.40. The summed E-state index contributed by atoms with van der Waals surface area (Å²) in [5.74, 6) is -1.04. The zero-order chi connectivity index (χ0) is 14.3. The molecule has 0 amide bonds. The minimum Gasteiger partial charge on any atom is -0.301 e. The van der Waals surface area contributed by atoms with E-state index in [1.165, 1.54) is 0 Å². The van der Waals surface area contributed by atoms with Crippen LogP contribution in [-0.2, 0) is 24.3 Å². The number of carbonyl (C=O) groups is 2. The standard InChI is InChI=1S/C9H18O3.C2H4O3.Na/c1-8(2,3)7(10)11-12-9(4,5)6;1-2(3)5-4;/h1-6H3;4H,1H3;. The molecule has 1 N–H and O–H groups in total. The number of hydrogen-bond donors (Lipinski definition) is 1. The third kappa shape index (κ3) is 18.2. The van der Waals surface area contributed by atoms with Crippen LogP contribution in [0.15, 0.2) is 0 Å². The van der Waals surface area contributed by atoms with Gasteiger partial charge < -0.3 is 4.89 Å². The Balaban J connectivity index is -0.000000321. The predicted molar refractivity (Wildman–Crippen MR) is 66.5 cm³/mol. The van der Waals surface area contributed by atoms with Crippen LogP contribution in [0, 0.1) is 5.41 Å². The molecule has 7 heteroatoms. The molecule has 0 aliphatic rings. The summed E-state index contributed by atoms with van der Waals surface area (Å²) in [7, 11) is 0. The minimum absolute atomic E-state index is 0. The van der Waals surface area contributed by atoms with E-state index in [0.29, 0.717) is 0 Å². The molecule has 0 aliphatic heterocycles. The summed E-state index contributed by atoms with van der Waals surface area (Å²) in [6.07, 6.45) is 0. The third-order valence-corrected chi connectivity index (χ3v) is 1.11. The van der Waals surface area contributed by atoms with Gasteiger partial charge in [-0.05, 0) is 41.5 Å². The summed E-state index contributed by atoms with van der Waals surface area (Å²) in [6, 6.07) is 0. The molecule has 103 valence electrons. The van der Waals surface area contributed by atoms with Gasteiger partial charge in [-0.2, -0.15) is 10.1 Å². The summed E-state index contributed by atoms with van der Waals surface area (Å²) in [5, 5.41) is 7.29. The third-order valence-electron chi connectivity index (χ3n) is 1.11. The molecule has 0 aromatic carbocycles. The number of carbonyl (C=O) groups excluding carboxylic acids is 2. The molecule has 0 atom stereocenters. The Morgan fingerprint density at radius 2 is 1.33 bits per heavy atom. The van der Waals surface area contributed by atoms with Crippen LogP contribution in [0.5, 0.6) is 0 Å². The van der Waals surface area contributed by atoms with Crippen molar-refractivity contribution in [3.05, 3.63) is 0 Å². The van der Waals surface area contributed by atoms with Crippen LogP contribution in [-0.4, -0.2) is 52.4 Å². The van der Waals surface area contributed by atoms with Crippen molar-refractivity contribution in [3.8, 4) is 0 Å². The molecule has 0 aromatic heterocycles. The van der Waals surface area contributed by atoms with Gasteiger partial charge in [0.05, 0.1) is 5.41 Å². The van der Waals surface area contributed by atoms with E-state index in [1.54, 1.807) is 20.8 Å². The van der Waals surface area contributed by atoms with Crippen molar-refractivity contribution in [2.45, 2.75) is 54.1 Å². The molecule has 0 heterocycles. The van der Waals surface area contributed by atoms with E-state index in [-0.39, 0.29) is 35.5 Å². The molecule has 0 saturated carbocycles. The van der Waals surface area contributed by atoms with E-state index in [4.69, 9.17) is 10.1 Å². The molecular formula is C11H22NaO6. The summed E-state index contributed by atoms with van der Waals surface area (Å²) in [5.41, 5.74) is -0.952. The van der Waals surface area contributed by atoms with Gasteiger partial charge in [-0.1, -0.05) is 0 Å². The first kappa shape index (κ1) is 23.0. The van der Waals surface area contributed by atoms with Crippen LogP contribution < -0.4 is 0 Å². The normalized spacial score (nSPS) is 10.4. The predicted octanol–water partition coefficient (Wildman–Crippen LogP) is 1.95. The van der Waals surface area contributed by atoms with Gasteiger partial charge in [-0.25, -0.2) is 9.59 Å². The van der Waals surface area contributed by atoms with Crippen LogP contribution in [0.25, 0.3) is 0 Å². The Labute approximate surface area is 130 Å². The van der Waals surface area contributed by atoms with Gasteiger partial charge in [0, 0.05) is 36.5 Å². The van der Waals surface area contributed by atoms with Crippen LogP contribution in [0.3, 0.4) is 0 Å². The number of rotatable bonds is 1. The van der Waals surface area contributed by atoms with E-state index in [1.807, 2.05) is 20.8 Å². The van der Waals surface area contributed by atoms with Crippen LogP contribution in [0.2, 0.25) is 0 Å². The maximum absolute atomic E-state index is 11.2. The minimum atomic E-state index is -0.690. The fourth-order valence-corrected chi connectivity index (χ4v) is 0.288. The Morgan fingerprint density at radius 3 is 1.50 bits per heavy atom. The molecule has 0 rings (SSSR count). The Kier molecular flexibility index (Phi) is 12.4.